The van der Waals surface area contributed by atoms with Gasteiger partial charge in [-0.15, -0.1) is 0 Å². The smallest absolute Gasteiger partial charge is 0.181 e. The van der Waals surface area contributed by atoms with Crippen molar-refractivity contribution in [3.8, 4) is 0 Å². The molecule has 0 spiro atoms. The Bertz CT molecular complexity index is 1080. The van der Waals surface area contributed by atoms with Gasteiger partial charge in [0, 0.05) is 37.1 Å². The van der Waals surface area contributed by atoms with Gasteiger partial charge in [-0.05, 0) is 43.7 Å². The third kappa shape index (κ3) is 3.31. The van der Waals surface area contributed by atoms with E-state index in [4.69, 9.17) is 4.42 Å². The third-order valence-corrected chi connectivity index (χ3v) is 4.40. The minimum absolute atomic E-state index is 0.119. The molecule has 0 N–H and O–H groups in total. The number of rotatable bonds is 6. The molecule has 26 heavy (non-hydrogen) atoms. The predicted octanol–water partition coefficient (Wildman–Crippen LogP) is 3.42. The third-order valence-electron chi connectivity index (χ3n) is 4.40. The Kier molecular flexibility index (Phi) is 4.16. The Morgan fingerprint density at radius 1 is 1.27 bits per heavy atom. The van der Waals surface area contributed by atoms with E-state index < -0.39 is 0 Å². The fourth-order valence-corrected chi connectivity index (χ4v) is 3.11. The Labute approximate surface area is 151 Å². The molecule has 4 rings (SSSR count). The van der Waals surface area contributed by atoms with Crippen LogP contribution >= 0.6 is 0 Å². The highest BCUT2D eigenvalue weighted by atomic mass is 16.3. The quantitative estimate of drug-likeness (QED) is 0.534. The van der Waals surface area contributed by atoms with Crippen LogP contribution in [0.1, 0.15) is 18.2 Å². The molecule has 0 atom stereocenters. The van der Waals surface area contributed by atoms with Gasteiger partial charge in [0.15, 0.2) is 12.0 Å². The van der Waals surface area contributed by atoms with Crippen LogP contribution in [0.3, 0.4) is 0 Å². The van der Waals surface area contributed by atoms with Crippen LogP contribution in [0, 0.1) is 6.92 Å². The van der Waals surface area contributed by atoms with Gasteiger partial charge >= 0.3 is 0 Å². The molecule has 3 heterocycles. The molecule has 4 aromatic rings. The van der Waals surface area contributed by atoms with Crippen LogP contribution in [0.2, 0.25) is 0 Å². The summed E-state index contributed by atoms with van der Waals surface area (Å²) in [4.78, 5) is 22.6. The first kappa shape index (κ1) is 16.3. The number of pyridine rings is 1. The standard InChI is InChI=1S/C20H20N4O2/c1-14-5-7-24-12-16(22-20(24)9-14)6-8-23(11-15(2)25)17-3-4-18-19(10-17)26-13-21-18/h3-5,7,9-10,12-13H,6,8,11H2,1-2H3. The number of ketones is 1. The lowest BCUT2D eigenvalue weighted by molar-refractivity contribution is -0.115. The van der Waals surface area contributed by atoms with Crippen molar-refractivity contribution in [1.82, 2.24) is 14.4 Å². The van der Waals surface area contributed by atoms with Crippen molar-refractivity contribution in [2.45, 2.75) is 20.3 Å². The first-order valence-electron chi connectivity index (χ1n) is 8.60. The van der Waals surface area contributed by atoms with E-state index in [1.54, 1.807) is 6.92 Å². The average Bonchev–Trinajstić information content (AvgIpc) is 3.23. The van der Waals surface area contributed by atoms with Crippen molar-refractivity contribution in [2.24, 2.45) is 0 Å². The molecule has 0 saturated carbocycles. The summed E-state index contributed by atoms with van der Waals surface area (Å²) < 4.78 is 7.42. The molecule has 0 aliphatic carbocycles. The molecular formula is C20H20N4O2. The highest BCUT2D eigenvalue weighted by Crippen LogP contribution is 2.22. The van der Waals surface area contributed by atoms with Crippen LogP contribution in [0.25, 0.3) is 16.7 Å². The number of oxazole rings is 1. The molecule has 0 aliphatic heterocycles. The van der Waals surface area contributed by atoms with E-state index in [0.29, 0.717) is 13.1 Å². The first-order chi connectivity index (χ1) is 12.6. The van der Waals surface area contributed by atoms with Crippen molar-refractivity contribution in [3.05, 3.63) is 60.4 Å². The molecule has 3 aromatic heterocycles. The molecule has 0 unspecified atom stereocenters. The van der Waals surface area contributed by atoms with E-state index in [1.165, 1.54) is 12.0 Å². The number of carbonyl (C=O) groups is 1. The van der Waals surface area contributed by atoms with Crippen molar-refractivity contribution in [2.75, 3.05) is 18.0 Å². The average molecular weight is 348 g/mol. The normalized spacial score (nSPS) is 11.3. The van der Waals surface area contributed by atoms with Gasteiger partial charge < -0.3 is 13.7 Å². The summed E-state index contributed by atoms with van der Waals surface area (Å²) in [7, 11) is 0. The number of fused-ring (bicyclic) bond motifs is 2. The second-order valence-electron chi connectivity index (χ2n) is 6.58. The van der Waals surface area contributed by atoms with Crippen LogP contribution in [0.4, 0.5) is 5.69 Å². The summed E-state index contributed by atoms with van der Waals surface area (Å²) in [5, 5.41) is 0. The number of aromatic nitrogens is 3. The molecule has 0 bridgehead atoms. The molecular weight excluding hydrogens is 328 g/mol. The Morgan fingerprint density at radius 2 is 2.15 bits per heavy atom. The van der Waals surface area contributed by atoms with Gasteiger partial charge in [-0.3, -0.25) is 4.79 Å². The fourth-order valence-electron chi connectivity index (χ4n) is 3.11. The molecule has 0 radical (unpaired) electrons. The Balaban J connectivity index is 1.56. The van der Waals surface area contributed by atoms with Gasteiger partial charge in [-0.25, -0.2) is 9.97 Å². The number of carbonyl (C=O) groups excluding carboxylic acids is 1. The largest absolute Gasteiger partial charge is 0.443 e. The molecule has 1 aromatic carbocycles. The zero-order valence-corrected chi connectivity index (χ0v) is 14.8. The van der Waals surface area contributed by atoms with Gasteiger partial charge in [-0.2, -0.15) is 0 Å². The van der Waals surface area contributed by atoms with E-state index in [0.717, 1.165) is 34.5 Å². The lowest BCUT2D eigenvalue weighted by Crippen LogP contribution is -2.30. The summed E-state index contributed by atoms with van der Waals surface area (Å²) in [6, 6.07) is 9.94. The number of aryl methyl sites for hydroxylation is 1. The van der Waals surface area contributed by atoms with E-state index in [-0.39, 0.29) is 5.78 Å². The highest BCUT2D eigenvalue weighted by Gasteiger charge is 2.12. The monoisotopic (exact) mass is 348 g/mol. The number of benzene rings is 1. The minimum Gasteiger partial charge on any atom is -0.443 e. The molecule has 6 heteroatoms. The topological polar surface area (TPSA) is 63.6 Å². The van der Waals surface area contributed by atoms with Crippen LogP contribution in [0.15, 0.2) is 53.5 Å². The number of hydrogen-bond donors (Lipinski definition) is 0. The summed E-state index contributed by atoms with van der Waals surface area (Å²) in [5.74, 6) is 0.119. The maximum absolute atomic E-state index is 11.7. The van der Waals surface area contributed by atoms with E-state index >= 15 is 0 Å². The SMILES string of the molecule is CC(=O)CN(CCc1cn2ccc(C)cc2n1)c1ccc2ncoc2c1. The molecule has 0 amide bonds. The maximum Gasteiger partial charge on any atom is 0.181 e. The van der Waals surface area contributed by atoms with Gasteiger partial charge in [0.25, 0.3) is 0 Å². The second-order valence-corrected chi connectivity index (χ2v) is 6.58. The number of anilines is 1. The zero-order valence-electron chi connectivity index (χ0n) is 14.8. The summed E-state index contributed by atoms with van der Waals surface area (Å²) in [6.45, 7) is 4.71. The molecule has 0 aliphatic rings. The van der Waals surface area contributed by atoms with E-state index in [9.17, 15) is 4.79 Å². The number of Topliss-reactive ketones (excluding diaryl/α,β-unsaturated/α-hetero) is 1. The minimum atomic E-state index is 0.119. The number of hydrogen-bond acceptors (Lipinski definition) is 5. The molecule has 0 saturated heterocycles. The van der Waals surface area contributed by atoms with Crippen LogP contribution in [-0.2, 0) is 11.2 Å². The van der Waals surface area contributed by atoms with E-state index in [1.807, 2.05) is 35.0 Å². The van der Waals surface area contributed by atoms with Crippen molar-refractivity contribution in [3.63, 3.8) is 0 Å². The Hall–Kier alpha value is -3.15. The lowest BCUT2D eigenvalue weighted by Gasteiger charge is -2.23. The highest BCUT2D eigenvalue weighted by molar-refractivity contribution is 5.83. The Morgan fingerprint density at radius 3 is 3.00 bits per heavy atom. The van der Waals surface area contributed by atoms with Gasteiger partial charge in [0.1, 0.15) is 16.9 Å². The summed E-state index contributed by atoms with van der Waals surface area (Å²) in [6.07, 6.45) is 6.25. The summed E-state index contributed by atoms with van der Waals surface area (Å²) >= 11 is 0. The predicted molar refractivity (Wildman–Crippen MR) is 101 cm³/mol. The van der Waals surface area contributed by atoms with Crippen molar-refractivity contribution in [1.29, 1.82) is 0 Å². The molecule has 132 valence electrons. The van der Waals surface area contributed by atoms with Crippen LogP contribution < -0.4 is 4.90 Å². The van der Waals surface area contributed by atoms with E-state index in [2.05, 4.69) is 33.9 Å². The van der Waals surface area contributed by atoms with Crippen LogP contribution in [-0.4, -0.2) is 33.2 Å². The second kappa shape index (κ2) is 6.63. The lowest BCUT2D eigenvalue weighted by atomic mass is 10.2. The maximum atomic E-state index is 11.7. The zero-order chi connectivity index (χ0) is 18.1. The van der Waals surface area contributed by atoms with Crippen LogP contribution in [0.5, 0.6) is 0 Å². The van der Waals surface area contributed by atoms with Crippen molar-refractivity contribution >= 4 is 28.2 Å². The van der Waals surface area contributed by atoms with Gasteiger partial charge in [0.2, 0.25) is 0 Å². The summed E-state index contributed by atoms with van der Waals surface area (Å²) in [5.41, 5.74) is 5.62. The van der Waals surface area contributed by atoms with Gasteiger partial charge in [0.05, 0.1) is 12.2 Å². The van der Waals surface area contributed by atoms with Gasteiger partial charge in [-0.1, -0.05) is 0 Å². The molecule has 0 fully saturated rings. The number of nitrogens with zero attached hydrogens (tertiary/aromatic N) is 4. The number of imidazole rings is 1. The van der Waals surface area contributed by atoms with Crippen molar-refractivity contribution < 1.29 is 9.21 Å². The fraction of sp³-hybridized carbons (Fsp3) is 0.250. The molecule has 6 nitrogen and oxygen atoms in total. The first-order valence-corrected chi connectivity index (χ1v) is 8.60.